The Morgan fingerprint density at radius 2 is 1.79 bits per heavy atom. The molecule has 6 heteroatoms. The lowest BCUT2D eigenvalue weighted by Crippen LogP contribution is -2.49. The lowest BCUT2D eigenvalue weighted by atomic mass is 10.0. The molecule has 1 aliphatic heterocycles. The van der Waals surface area contributed by atoms with Crippen molar-refractivity contribution in [3.05, 3.63) is 59.9 Å². The summed E-state index contributed by atoms with van der Waals surface area (Å²) in [5, 5.41) is 3.03. The highest BCUT2D eigenvalue weighted by Gasteiger charge is 2.28. The second kappa shape index (κ2) is 9.54. The molecule has 1 atom stereocenters. The van der Waals surface area contributed by atoms with E-state index in [2.05, 4.69) is 24.1 Å². The fraction of sp³-hybridized carbons (Fsp3) is 0.435. The summed E-state index contributed by atoms with van der Waals surface area (Å²) in [4.78, 5) is 30.8. The van der Waals surface area contributed by atoms with Crippen molar-refractivity contribution in [2.24, 2.45) is 0 Å². The van der Waals surface area contributed by atoms with E-state index in [0.717, 1.165) is 12.8 Å². The smallest absolute Gasteiger partial charge is 0.263 e. The number of amides is 2. The number of hydrogen-bond acceptors (Lipinski definition) is 4. The average molecular weight is 396 g/mol. The van der Waals surface area contributed by atoms with Gasteiger partial charge in [-0.25, -0.2) is 0 Å². The van der Waals surface area contributed by atoms with E-state index in [9.17, 15) is 9.59 Å². The van der Waals surface area contributed by atoms with Crippen LogP contribution in [0.4, 0.5) is 0 Å². The van der Waals surface area contributed by atoms with Crippen molar-refractivity contribution in [1.29, 1.82) is 0 Å². The molecule has 0 saturated carbocycles. The van der Waals surface area contributed by atoms with E-state index >= 15 is 0 Å². The Hall–Kier alpha value is -2.89. The van der Waals surface area contributed by atoms with Gasteiger partial charge in [0, 0.05) is 31.5 Å². The lowest BCUT2D eigenvalue weighted by molar-refractivity contribution is -0.139. The fourth-order valence-corrected chi connectivity index (χ4v) is 3.45. The van der Waals surface area contributed by atoms with E-state index in [-0.39, 0.29) is 17.9 Å². The Kier molecular flexibility index (Phi) is 6.86. The second-order valence-electron chi connectivity index (χ2n) is 7.80. The van der Waals surface area contributed by atoms with Gasteiger partial charge in [0.05, 0.1) is 5.56 Å². The third kappa shape index (κ3) is 5.56. The topological polar surface area (TPSA) is 71.5 Å². The van der Waals surface area contributed by atoms with Crippen molar-refractivity contribution in [2.45, 2.75) is 51.7 Å². The molecule has 154 valence electrons. The number of benzene rings is 1. The molecule has 1 unspecified atom stereocenters. The van der Waals surface area contributed by atoms with Crippen LogP contribution in [0, 0.1) is 0 Å². The molecule has 6 nitrogen and oxygen atoms in total. The standard InChI is InChI=1S/C23H29N3O3/c1-16(2)18-6-8-21(9-7-18)29-17(3)23(28)26-13-10-20(11-14-26)25-22(27)19-5-4-12-24-15-19/h4-9,12,15-17,20H,10-11,13-14H2,1-3H3,(H,25,27). The van der Waals surface area contributed by atoms with E-state index in [1.807, 2.05) is 29.2 Å². The first-order chi connectivity index (χ1) is 13.9. The van der Waals surface area contributed by atoms with Crippen LogP contribution in [0.15, 0.2) is 48.8 Å². The molecule has 0 aliphatic carbocycles. The molecule has 2 heterocycles. The third-order valence-corrected chi connectivity index (χ3v) is 5.27. The first kappa shape index (κ1) is 20.8. The number of ether oxygens (including phenoxy) is 1. The molecule has 0 bridgehead atoms. The molecule has 1 aromatic heterocycles. The van der Waals surface area contributed by atoms with E-state index in [1.54, 1.807) is 31.5 Å². The molecule has 1 aromatic carbocycles. The summed E-state index contributed by atoms with van der Waals surface area (Å²) in [6.07, 6.45) is 4.12. The number of hydrogen-bond donors (Lipinski definition) is 1. The van der Waals surface area contributed by atoms with Crippen LogP contribution >= 0.6 is 0 Å². The van der Waals surface area contributed by atoms with Gasteiger partial charge < -0.3 is 15.0 Å². The van der Waals surface area contributed by atoms with Crippen LogP contribution in [0.5, 0.6) is 5.75 Å². The first-order valence-electron chi connectivity index (χ1n) is 10.2. The molecule has 3 rings (SSSR count). The number of aromatic nitrogens is 1. The summed E-state index contributed by atoms with van der Waals surface area (Å²) in [5.74, 6) is 1.02. The minimum atomic E-state index is -0.540. The van der Waals surface area contributed by atoms with Gasteiger partial charge in [0.15, 0.2) is 6.10 Å². The number of likely N-dealkylation sites (tertiary alicyclic amines) is 1. The quantitative estimate of drug-likeness (QED) is 0.814. The van der Waals surface area contributed by atoms with Gasteiger partial charge in [-0.3, -0.25) is 14.6 Å². The molecule has 1 saturated heterocycles. The summed E-state index contributed by atoms with van der Waals surface area (Å²) in [7, 11) is 0. The number of rotatable bonds is 6. The minimum absolute atomic E-state index is 0.0185. The maximum Gasteiger partial charge on any atom is 0.263 e. The number of carbonyl (C=O) groups excluding carboxylic acids is 2. The Bertz CT molecular complexity index is 813. The summed E-state index contributed by atoms with van der Waals surface area (Å²) >= 11 is 0. The first-order valence-corrected chi connectivity index (χ1v) is 10.2. The van der Waals surface area contributed by atoms with Crippen LogP contribution in [0.1, 0.15) is 55.5 Å². The minimum Gasteiger partial charge on any atom is -0.481 e. The zero-order chi connectivity index (χ0) is 20.8. The van der Waals surface area contributed by atoms with Gasteiger partial charge in [0.1, 0.15) is 5.75 Å². The molecule has 29 heavy (non-hydrogen) atoms. The Labute approximate surface area is 172 Å². The van der Waals surface area contributed by atoms with Crippen molar-refractivity contribution >= 4 is 11.8 Å². The van der Waals surface area contributed by atoms with Crippen LogP contribution in [-0.2, 0) is 4.79 Å². The SMILES string of the molecule is CC(Oc1ccc(C(C)C)cc1)C(=O)N1CCC(NC(=O)c2cccnc2)CC1. The van der Waals surface area contributed by atoms with Gasteiger partial charge in [-0.15, -0.1) is 0 Å². The fourth-order valence-electron chi connectivity index (χ4n) is 3.45. The predicted octanol–water partition coefficient (Wildman–Crippen LogP) is 3.39. The molecule has 1 aliphatic rings. The zero-order valence-electron chi connectivity index (χ0n) is 17.3. The predicted molar refractivity (Wildman–Crippen MR) is 112 cm³/mol. The highest BCUT2D eigenvalue weighted by atomic mass is 16.5. The van der Waals surface area contributed by atoms with Gasteiger partial charge in [-0.2, -0.15) is 0 Å². The molecule has 2 aromatic rings. The summed E-state index contributed by atoms with van der Waals surface area (Å²) < 4.78 is 5.85. The van der Waals surface area contributed by atoms with Gasteiger partial charge in [0.2, 0.25) is 0 Å². The highest BCUT2D eigenvalue weighted by molar-refractivity contribution is 5.94. The van der Waals surface area contributed by atoms with Crippen LogP contribution in [0.2, 0.25) is 0 Å². The van der Waals surface area contributed by atoms with Crippen LogP contribution in [-0.4, -0.2) is 46.9 Å². The lowest BCUT2D eigenvalue weighted by Gasteiger charge is -2.33. The number of carbonyl (C=O) groups is 2. The van der Waals surface area contributed by atoms with Gasteiger partial charge in [-0.05, 0) is 55.5 Å². The van der Waals surface area contributed by atoms with E-state index in [4.69, 9.17) is 4.74 Å². The summed E-state index contributed by atoms with van der Waals surface area (Å²) in [5.41, 5.74) is 1.79. The van der Waals surface area contributed by atoms with Crippen LogP contribution < -0.4 is 10.1 Å². The van der Waals surface area contributed by atoms with E-state index in [1.165, 1.54) is 5.56 Å². The highest BCUT2D eigenvalue weighted by Crippen LogP contribution is 2.20. The molecular weight excluding hydrogens is 366 g/mol. The largest absolute Gasteiger partial charge is 0.481 e. The van der Waals surface area contributed by atoms with Crippen molar-refractivity contribution < 1.29 is 14.3 Å². The monoisotopic (exact) mass is 395 g/mol. The molecule has 0 spiro atoms. The second-order valence-corrected chi connectivity index (χ2v) is 7.80. The number of nitrogens with zero attached hydrogens (tertiary/aromatic N) is 2. The Balaban J connectivity index is 1.47. The van der Waals surface area contributed by atoms with Crippen molar-refractivity contribution in [1.82, 2.24) is 15.2 Å². The van der Waals surface area contributed by atoms with Crippen molar-refractivity contribution in [3.8, 4) is 5.75 Å². The summed E-state index contributed by atoms with van der Waals surface area (Å²) in [6, 6.07) is 11.5. The summed E-state index contributed by atoms with van der Waals surface area (Å²) in [6.45, 7) is 7.29. The normalized spacial score (nSPS) is 15.8. The third-order valence-electron chi connectivity index (χ3n) is 5.27. The van der Waals surface area contributed by atoms with Gasteiger partial charge in [0.25, 0.3) is 11.8 Å². The molecular formula is C23H29N3O3. The molecule has 0 radical (unpaired) electrons. The van der Waals surface area contributed by atoms with E-state index < -0.39 is 6.10 Å². The van der Waals surface area contributed by atoms with Crippen molar-refractivity contribution in [2.75, 3.05) is 13.1 Å². The van der Waals surface area contributed by atoms with E-state index in [0.29, 0.717) is 30.3 Å². The zero-order valence-corrected chi connectivity index (χ0v) is 17.3. The van der Waals surface area contributed by atoms with Crippen LogP contribution in [0.25, 0.3) is 0 Å². The number of pyridine rings is 1. The number of piperidine rings is 1. The van der Waals surface area contributed by atoms with Crippen molar-refractivity contribution in [3.63, 3.8) is 0 Å². The van der Waals surface area contributed by atoms with Gasteiger partial charge in [-0.1, -0.05) is 26.0 Å². The Morgan fingerprint density at radius 1 is 1.10 bits per heavy atom. The van der Waals surface area contributed by atoms with Gasteiger partial charge >= 0.3 is 0 Å². The molecule has 2 amide bonds. The average Bonchev–Trinajstić information content (AvgIpc) is 2.74. The number of nitrogens with one attached hydrogen (secondary N) is 1. The maximum absolute atomic E-state index is 12.7. The molecule has 1 fully saturated rings. The van der Waals surface area contributed by atoms with Crippen LogP contribution in [0.3, 0.4) is 0 Å². The maximum atomic E-state index is 12.7. The molecule has 1 N–H and O–H groups in total. The Morgan fingerprint density at radius 3 is 2.38 bits per heavy atom.